The largest absolute Gasteiger partial charge is 0.423 e. The van der Waals surface area contributed by atoms with Crippen molar-refractivity contribution < 1.29 is 33.2 Å². The average Bonchev–Trinajstić information content (AvgIpc) is 3.61. The summed E-state index contributed by atoms with van der Waals surface area (Å²) in [7, 11) is -4.57. The Kier molecular flexibility index (Phi) is 15.9. The van der Waals surface area contributed by atoms with E-state index in [1.807, 2.05) is 54.6 Å². The third kappa shape index (κ3) is 13.1. The fourth-order valence-corrected chi connectivity index (χ4v) is 8.90. The molecule has 306 valence electrons. The van der Waals surface area contributed by atoms with Crippen molar-refractivity contribution in [3.8, 4) is 5.75 Å². The molecule has 1 unspecified atom stereocenters. The van der Waals surface area contributed by atoms with E-state index in [9.17, 15) is 28.6 Å². The number of amides is 4. The number of carbonyl (C=O) groups excluding carboxylic acids is 4. The standard InChI is InChI=1S/C41H55N8O7P/c42-41(43)44-22-12-21-37(57(54,55)56-31-17-8-3-9-18-31)49-40(53)36(25-30-26-45-33-20-11-10-19-32(30)33)48-39(52)35(24-29-15-6-2-7-16-29)47-38(51)34(46-27-50)23-28-13-4-1-5-14-28/h1,3-5,8-11,13-14,17-20,27,29-30,34-37,45H,2,6-7,12,15-16,21-26H2,(H,46,50)(H,47,51)(H,48,52)(H,49,53)(H,54,55)(H4,42,43,44)/t30-,34-,35+,36+,37-/m1/s1. The van der Waals surface area contributed by atoms with E-state index >= 15 is 0 Å². The molecule has 3 aromatic rings. The zero-order valence-corrected chi connectivity index (χ0v) is 32.9. The minimum Gasteiger partial charge on any atom is -0.423 e. The summed E-state index contributed by atoms with van der Waals surface area (Å²) in [5.74, 6) is -3.23. The van der Waals surface area contributed by atoms with E-state index in [2.05, 4.69) is 31.6 Å². The molecule has 1 aliphatic heterocycles. The summed E-state index contributed by atoms with van der Waals surface area (Å²) < 4.78 is 19.4. The van der Waals surface area contributed by atoms with E-state index in [-0.39, 0.29) is 55.8 Å². The second kappa shape index (κ2) is 21.2. The van der Waals surface area contributed by atoms with Gasteiger partial charge in [-0.05, 0) is 60.9 Å². The fraction of sp³-hybridized carbons (Fsp3) is 0.439. The summed E-state index contributed by atoms with van der Waals surface area (Å²) in [5, 5.41) is 14.5. The third-order valence-electron chi connectivity index (χ3n) is 10.5. The third-order valence-corrected chi connectivity index (χ3v) is 12.1. The molecule has 4 amide bonds. The monoisotopic (exact) mass is 802 g/mol. The van der Waals surface area contributed by atoms with Crippen molar-refractivity contribution in [2.75, 3.05) is 18.4 Å². The molecule has 3 aromatic carbocycles. The fourth-order valence-electron chi connectivity index (χ4n) is 7.55. The first-order valence-corrected chi connectivity index (χ1v) is 21.3. The van der Waals surface area contributed by atoms with E-state index in [4.69, 9.17) is 16.0 Å². The number of fused-ring (bicyclic) bond motifs is 1. The van der Waals surface area contributed by atoms with Crippen LogP contribution in [0.25, 0.3) is 0 Å². The highest BCUT2D eigenvalue weighted by atomic mass is 31.2. The highest BCUT2D eigenvalue weighted by Crippen LogP contribution is 2.48. The number of nitrogens with zero attached hydrogens (tertiary/aromatic N) is 1. The van der Waals surface area contributed by atoms with Gasteiger partial charge in [-0.3, -0.25) is 24.2 Å². The summed E-state index contributed by atoms with van der Waals surface area (Å²) in [6.07, 6.45) is 6.25. The molecule has 0 radical (unpaired) electrons. The summed E-state index contributed by atoms with van der Waals surface area (Å²) >= 11 is 0. The number of carbonyl (C=O) groups is 4. The summed E-state index contributed by atoms with van der Waals surface area (Å²) in [6, 6.07) is 21.9. The Balaban J connectivity index is 1.41. The molecule has 1 aliphatic carbocycles. The first kappa shape index (κ1) is 42.7. The van der Waals surface area contributed by atoms with Crippen molar-refractivity contribution in [1.82, 2.24) is 21.3 Å². The number of guanidine groups is 1. The van der Waals surface area contributed by atoms with Crippen molar-refractivity contribution >= 4 is 43.4 Å². The van der Waals surface area contributed by atoms with Gasteiger partial charge in [-0.1, -0.05) is 98.8 Å². The van der Waals surface area contributed by atoms with Crippen molar-refractivity contribution in [3.05, 3.63) is 96.1 Å². The first-order chi connectivity index (χ1) is 27.5. The number of rotatable bonds is 21. The van der Waals surface area contributed by atoms with Crippen LogP contribution in [0.5, 0.6) is 5.75 Å². The topological polar surface area (TPSA) is 239 Å². The zero-order chi connectivity index (χ0) is 40.6. The van der Waals surface area contributed by atoms with Crippen LogP contribution in [0.2, 0.25) is 0 Å². The maximum Gasteiger partial charge on any atom is 0.398 e. The maximum absolute atomic E-state index is 14.4. The average molecular weight is 803 g/mol. The van der Waals surface area contributed by atoms with Gasteiger partial charge in [0.05, 0.1) is 0 Å². The lowest BCUT2D eigenvalue weighted by Gasteiger charge is -2.31. The van der Waals surface area contributed by atoms with Crippen LogP contribution in [0, 0.1) is 5.92 Å². The number of aliphatic imine (C=N–C) groups is 1. The number of nitrogens with two attached hydrogens (primary N) is 2. The lowest BCUT2D eigenvalue weighted by Crippen LogP contribution is -2.57. The molecule has 1 saturated carbocycles. The first-order valence-electron chi connectivity index (χ1n) is 19.6. The van der Waals surface area contributed by atoms with Crippen molar-refractivity contribution in [3.63, 3.8) is 0 Å². The van der Waals surface area contributed by atoms with Gasteiger partial charge in [-0.2, -0.15) is 0 Å². The Labute approximate surface area is 333 Å². The van der Waals surface area contributed by atoms with Crippen molar-refractivity contribution in [2.24, 2.45) is 22.4 Å². The van der Waals surface area contributed by atoms with Gasteiger partial charge in [-0.25, -0.2) is 4.57 Å². The number of benzene rings is 3. The Morgan fingerprint density at radius 1 is 0.842 bits per heavy atom. The summed E-state index contributed by atoms with van der Waals surface area (Å²) in [4.78, 5) is 69.5. The van der Waals surface area contributed by atoms with Gasteiger partial charge < -0.3 is 47.5 Å². The second-order valence-electron chi connectivity index (χ2n) is 14.7. The predicted octanol–water partition coefficient (Wildman–Crippen LogP) is 3.64. The van der Waals surface area contributed by atoms with Gasteiger partial charge in [0.2, 0.25) is 24.1 Å². The van der Waals surface area contributed by atoms with Gasteiger partial charge in [0.1, 0.15) is 29.7 Å². The molecule has 57 heavy (non-hydrogen) atoms. The summed E-state index contributed by atoms with van der Waals surface area (Å²) in [5.41, 5.74) is 13.7. The molecule has 0 saturated heterocycles. The molecule has 0 aromatic heterocycles. The Morgan fingerprint density at radius 2 is 1.46 bits per heavy atom. The van der Waals surface area contributed by atoms with Crippen LogP contribution < -0.4 is 42.6 Å². The van der Waals surface area contributed by atoms with Crippen molar-refractivity contribution in [1.29, 1.82) is 0 Å². The predicted molar refractivity (Wildman–Crippen MR) is 219 cm³/mol. The molecule has 5 rings (SSSR count). The Morgan fingerprint density at radius 3 is 2.14 bits per heavy atom. The molecule has 0 spiro atoms. The van der Waals surface area contributed by atoms with Gasteiger partial charge in [0.25, 0.3) is 0 Å². The van der Waals surface area contributed by atoms with Crippen LogP contribution in [0.15, 0.2) is 89.9 Å². The van der Waals surface area contributed by atoms with Gasteiger partial charge in [-0.15, -0.1) is 0 Å². The molecule has 15 nitrogen and oxygen atoms in total. The normalized spacial score (nSPS) is 18.2. The van der Waals surface area contributed by atoms with Crippen LogP contribution in [-0.2, 0) is 30.2 Å². The molecule has 0 bridgehead atoms. The molecule has 2 aliphatic rings. The van der Waals surface area contributed by atoms with Crippen LogP contribution in [0.1, 0.15) is 74.8 Å². The molecular formula is C41H55N8O7P. The number of hydrogen-bond acceptors (Lipinski definition) is 8. The van der Waals surface area contributed by atoms with Crippen LogP contribution in [0.3, 0.4) is 0 Å². The minimum absolute atomic E-state index is 0.0233. The van der Waals surface area contributed by atoms with Crippen molar-refractivity contribution in [2.45, 2.75) is 94.0 Å². The van der Waals surface area contributed by atoms with Gasteiger partial charge >= 0.3 is 7.60 Å². The lowest BCUT2D eigenvalue weighted by molar-refractivity contribution is -0.133. The molecular weight excluding hydrogens is 747 g/mol. The molecule has 10 N–H and O–H groups in total. The quantitative estimate of drug-likeness (QED) is 0.0256. The molecule has 16 heteroatoms. The van der Waals surface area contributed by atoms with Crippen LogP contribution in [-0.4, -0.2) is 72.0 Å². The number of anilines is 1. The Bertz CT molecular complexity index is 1860. The van der Waals surface area contributed by atoms with E-state index in [1.165, 1.54) is 12.1 Å². The Hall–Kier alpha value is -5.40. The number of nitrogens with one attached hydrogen (secondary N) is 5. The zero-order valence-electron chi connectivity index (χ0n) is 32.1. The smallest absolute Gasteiger partial charge is 0.398 e. The van der Waals surface area contributed by atoms with E-state index < -0.39 is 49.2 Å². The number of hydrogen-bond donors (Lipinski definition) is 8. The highest BCUT2D eigenvalue weighted by molar-refractivity contribution is 7.54. The van der Waals surface area contributed by atoms with E-state index in [0.29, 0.717) is 19.4 Å². The maximum atomic E-state index is 14.4. The van der Waals surface area contributed by atoms with Crippen LogP contribution >= 0.6 is 7.60 Å². The van der Waals surface area contributed by atoms with Crippen LogP contribution in [0.4, 0.5) is 5.69 Å². The second-order valence-corrected chi connectivity index (χ2v) is 16.7. The van der Waals surface area contributed by atoms with Gasteiger partial charge in [0.15, 0.2) is 5.96 Å². The summed E-state index contributed by atoms with van der Waals surface area (Å²) in [6.45, 7) is 0.634. The van der Waals surface area contributed by atoms with E-state index in [1.54, 1.807) is 18.2 Å². The molecule has 6 atom stereocenters. The number of para-hydroxylation sites is 2. The molecule has 1 heterocycles. The minimum atomic E-state index is -4.57. The lowest BCUT2D eigenvalue weighted by atomic mass is 9.84. The molecule has 1 fully saturated rings. The highest BCUT2D eigenvalue weighted by Gasteiger charge is 2.39. The SMILES string of the molecule is NC(N)=NCCC[C@H](NC(=O)[C@H](C[C@@H]1CNc2ccccc21)NC(=O)[C@H](CC1CCCCC1)NC(=O)[C@@H](Cc1ccccc1)NC=O)P(=O)(O)Oc1ccccc1. The van der Waals surface area contributed by atoms with E-state index in [0.717, 1.165) is 48.9 Å². The van der Waals surface area contributed by atoms with Gasteiger partial charge in [0, 0.05) is 31.1 Å².